The van der Waals surface area contributed by atoms with E-state index in [0.717, 1.165) is 32.2 Å². The molecule has 7 heteroatoms. The van der Waals surface area contributed by atoms with Crippen LogP contribution in [-0.4, -0.2) is 96.7 Å². The molecule has 3 amide bonds. The van der Waals surface area contributed by atoms with E-state index in [0.29, 0.717) is 32.7 Å². The summed E-state index contributed by atoms with van der Waals surface area (Å²) in [6.07, 6.45) is 3.83. The van der Waals surface area contributed by atoms with Gasteiger partial charge in [-0.1, -0.05) is 0 Å². The molecule has 1 aliphatic carbocycles. The second kappa shape index (κ2) is 7.09. The smallest absolute Gasteiger partial charge is 0.239 e. The van der Waals surface area contributed by atoms with Gasteiger partial charge in [-0.05, 0) is 32.2 Å². The maximum Gasteiger partial charge on any atom is 0.239 e. The highest BCUT2D eigenvalue weighted by atomic mass is 16.2. The quantitative estimate of drug-likeness (QED) is 0.702. The molecule has 3 aliphatic rings. The summed E-state index contributed by atoms with van der Waals surface area (Å²) in [5.74, 6) is 0.667. The van der Waals surface area contributed by atoms with E-state index in [9.17, 15) is 14.4 Å². The molecule has 24 heavy (non-hydrogen) atoms. The molecule has 134 valence electrons. The van der Waals surface area contributed by atoms with Crippen molar-refractivity contribution in [3.63, 3.8) is 0 Å². The van der Waals surface area contributed by atoms with Crippen LogP contribution < -0.4 is 0 Å². The van der Waals surface area contributed by atoms with E-state index in [1.54, 1.807) is 19.0 Å². The van der Waals surface area contributed by atoms with Crippen LogP contribution >= 0.6 is 0 Å². The van der Waals surface area contributed by atoms with E-state index in [-0.39, 0.29) is 29.7 Å². The molecule has 3 rings (SSSR count). The molecule has 2 heterocycles. The first-order valence-corrected chi connectivity index (χ1v) is 8.99. The maximum absolute atomic E-state index is 12.6. The third-order valence-electron chi connectivity index (χ3n) is 5.30. The Morgan fingerprint density at radius 3 is 2.12 bits per heavy atom. The second-order valence-corrected chi connectivity index (χ2v) is 7.34. The van der Waals surface area contributed by atoms with E-state index >= 15 is 0 Å². The number of amides is 3. The number of piperazine rings is 1. The molecule has 0 spiro atoms. The highest BCUT2D eigenvalue weighted by Gasteiger charge is 2.36. The minimum atomic E-state index is -0.165. The van der Waals surface area contributed by atoms with Gasteiger partial charge in [-0.3, -0.25) is 19.3 Å². The first kappa shape index (κ1) is 17.2. The van der Waals surface area contributed by atoms with Crippen molar-refractivity contribution in [2.24, 2.45) is 5.92 Å². The lowest BCUT2D eigenvalue weighted by molar-refractivity contribution is -0.142. The van der Waals surface area contributed by atoms with Crippen molar-refractivity contribution in [3.8, 4) is 0 Å². The van der Waals surface area contributed by atoms with Gasteiger partial charge in [0.2, 0.25) is 17.7 Å². The van der Waals surface area contributed by atoms with E-state index in [2.05, 4.69) is 0 Å². The van der Waals surface area contributed by atoms with E-state index in [1.165, 1.54) is 0 Å². The molecule has 2 saturated heterocycles. The Bertz CT molecular complexity index is 510. The number of rotatable bonds is 4. The van der Waals surface area contributed by atoms with Crippen molar-refractivity contribution in [1.82, 2.24) is 19.6 Å². The van der Waals surface area contributed by atoms with Crippen molar-refractivity contribution in [1.29, 1.82) is 0 Å². The summed E-state index contributed by atoms with van der Waals surface area (Å²) in [5.41, 5.74) is 0. The van der Waals surface area contributed by atoms with Gasteiger partial charge in [0.25, 0.3) is 0 Å². The normalized spacial score (nSPS) is 25.0. The van der Waals surface area contributed by atoms with Gasteiger partial charge in [0, 0.05) is 46.2 Å². The van der Waals surface area contributed by atoms with Gasteiger partial charge in [-0.15, -0.1) is 0 Å². The fourth-order valence-electron chi connectivity index (χ4n) is 3.63. The van der Waals surface area contributed by atoms with Gasteiger partial charge >= 0.3 is 0 Å². The third kappa shape index (κ3) is 3.71. The molecule has 0 radical (unpaired) electrons. The minimum Gasteiger partial charge on any atom is -0.347 e. The minimum absolute atomic E-state index is 0.0759. The zero-order chi connectivity index (χ0) is 17.3. The third-order valence-corrected chi connectivity index (χ3v) is 5.30. The average molecular weight is 336 g/mol. The lowest BCUT2D eigenvalue weighted by Gasteiger charge is -2.36. The molecule has 1 atom stereocenters. The van der Waals surface area contributed by atoms with E-state index < -0.39 is 0 Å². The van der Waals surface area contributed by atoms with Gasteiger partial charge in [0.1, 0.15) is 0 Å². The molecule has 3 fully saturated rings. The van der Waals surface area contributed by atoms with E-state index in [1.807, 2.05) is 14.7 Å². The Balaban J connectivity index is 1.48. The van der Waals surface area contributed by atoms with Crippen LogP contribution in [0.5, 0.6) is 0 Å². The summed E-state index contributed by atoms with van der Waals surface area (Å²) in [4.78, 5) is 44.2. The number of carbonyl (C=O) groups excluding carboxylic acids is 3. The van der Waals surface area contributed by atoms with Gasteiger partial charge in [0.05, 0.1) is 12.6 Å². The van der Waals surface area contributed by atoms with Crippen LogP contribution in [-0.2, 0) is 14.4 Å². The van der Waals surface area contributed by atoms with E-state index in [4.69, 9.17) is 0 Å². The van der Waals surface area contributed by atoms with Crippen molar-refractivity contribution < 1.29 is 14.4 Å². The number of likely N-dealkylation sites (tertiary alicyclic amines) is 1. The molecule has 1 unspecified atom stereocenters. The first-order chi connectivity index (χ1) is 11.5. The molecule has 0 bridgehead atoms. The van der Waals surface area contributed by atoms with Crippen LogP contribution in [0.25, 0.3) is 0 Å². The molecule has 2 aliphatic heterocycles. The maximum atomic E-state index is 12.6. The lowest BCUT2D eigenvalue weighted by atomic mass is 10.2. The SMILES string of the molecule is CN(C)C(=O)C1CCCN1CC(=O)N1CCN(C(=O)C2CC2)CC1. The van der Waals surface area contributed by atoms with Crippen molar-refractivity contribution in [2.75, 3.05) is 53.4 Å². The van der Waals surface area contributed by atoms with Crippen LogP contribution in [0.4, 0.5) is 0 Å². The van der Waals surface area contributed by atoms with Crippen LogP contribution in [0.1, 0.15) is 25.7 Å². The Morgan fingerprint density at radius 2 is 1.54 bits per heavy atom. The van der Waals surface area contributed by atoms with Gasteiger partial charge < -0.3 is 14.7 Å². The number of likely N-dealkylation sites (N-methyl/N-ethyl adjacent to an activating group) is 1. The molecule has 0 aromatic rings. The Labute approximate surface area is 143 Å². The van der Waals surface area contributed by atoms with Crippen molar-refractivity contribution >= 4 is 17.7 Å². The molecular weight excluding hydrogens is 308 g/mol. The van der Waals surface area contributed by atoms with Crippen LogP contribution in [0.3, 0.4) is 0 Å². The highest BCUT2D eigenvalue weighted by molar-refractivity contribution is 5.84. The molecule has 1 saturated carbocycles. The van der Waals surface area contributed by atoms with Crippen molar-refractivity contribution in [3.05, 3.63) is 0 Å². The highest BCUT2D eigenvalue weighted by Crippen LogP contribution is 2.31. The lowest BCUT2D eigenvalue weighted by Crippen LogP contribution is -2.54. The monoisotopic (exact) mass is 336 g/mol. The summed E-state index contributed by atoms with van der Waals surface area (Å²) < 4.78 is 0. The number of hydrogen-bond donors (Lipinski definition) is 0. The van der Waals surface area contributed by atoms with Crippen LogP contribution in [0.2, 0.25) is 0 Å². The predicted molar refractivity (Wildman–Crippen MR) is 89.2 cm³/mol. The zero-order valence-corrected chi connectivity index (χ0v) is 14.7. The van der Waals surface area contributed by atoms with Gasteiger partial charge in [-0.2, -0.15) is 0 Å². The first-order valence-electron chi connectivity index (χ1n) is 8.99. The van der Waals surface area contributed by atoms with Crippen LogP contribution in [0, 0.1) is 5.92 Å². The summed E-state index contributed by atoms with van der Waals surface area (Å²) in [6.45, 7) is 3.61. The van der Waals surface area contributed by atoms with Crippen molar-refractivity contribution in [2.45, 2.75) is 31.7 Å². The molecule has 0 N–H and O–H groups in total. The topological polar surface area (TPSA) is 64.2 Å². The van der Waals surface area contributed by atoms with Crippen LogP contribution in [0.15, 0.2) is 0 Å². The fourth-order valence-corrected chi connectivity index (χ4v) is 3.63. The largest absolute Gasteiger partial charge is 0.347 e. The number of nitrogens with zero attached hydrogens (tertiary/aromatic N) is 4. The summed E-state index contributed by atoms with van der Waals surface area (Å²) >= 11 is 0. The Hall–Kier alpha value is -1.63. The standard InChI is InChI=1S/C17H28N4O3/c1-18(2)17(24)14-4-3-7-21(14)12-15(22)19-8-10-20(11-9-19)16(23)13-5-6-13/h13-14H,3-12H2,1-2H3. The number of hydrogen-bond acceptors (Lipinski definition) is 4. The zero-order valence-electron chi connectivity index (χ0n) is 14.7. The molecule has 0 aromatic carbocycles. The second-order valence-electron chi connectivity index (χ2n) is 7.34. The average Bonchev–Trinajstić information content (AvgIpc) is 3.33. The molecule has 0 aromatic heterocycles. The number of carbonyl (C=O) groups is 3. The summed E-state index contributed by atoms with van der Waals surface area (Å²) in [6, 6.07) is -0.165. The summed E-state index contributed by atoms with van der Waals surface area (Å²) in [7, 11) is 3.52. The molecular formula is C17H28N4O3. The molecule has 7 nitrogen and oxygen atoms in total. The fraction of sp³-hybridized carbons (Fsp3) is 0.824. The Kier molecular flexibility index (Phi) is 5.08. The summed E-state index contributed by atoms with van der Waals surface area (Å²) in [5, 5.41) is 0. The van der Waals surface area contributed by atoms with Gasteiger partial charge in [0.15, 0.2) is 0 Å². The Morgan fingerprint density at radius 1 is 0.917 bits per heavy atom. The van der Waals surface area contributed by atoms with Gasteiger partial charge in [-0.25, -0.2) is 0 Å². The predicted octanol–water partition coefficient (Wildman–Crippen LogP) is -0.380.